The van der Waals surface area contributed by atoms with Crippen molar-refractivity contribution in [1.29, 1.82) is 0 Å². The van der Waals surface area contributed by atoms with E-state index in [2.05, 4.69) is 26.6 Å². The molecule has 2 rings (SSSR count). The van der Waals surface area contributed by atoms with Crippen LogP contribution in [0.4, 0.5) is 15.3 Å². The second kappa shape index (κ2) is 31.0. The number of carboxylic acids is 1. The Morgan fingerprint density at radius 2 is 1.62 bits per heavy atom. The van der Waals surface area contributed by atoms with Gasteiger partial charge in [0.15, 0.2) is 11.6 Å². The minimum Gasteiger partial charge on any atom is -0.485 e. The molecule has 0 bridgehead atoms. The van der Waals surface area contributed by atoms with E-state index in [9.17, 15) is 57.8 Å². The van der Waals surface area contributed by atoms with Crippen LogP contribution in [0.3, 0.4) is 0 Å². The fourth-order valence-corrected chi connectivity index (χ4v) is 8.07. The van der Waals surface area contributed by atoms with E-state index in [0.29, 0.717) is 44.5 Å². The smallest absolute Gasteiger partial charge is 0.407 e. The molecule has 22 nitrogen and oxygen atoms in total. The van der Waals surface area contributed by atoms with E-state index in [1.54, 1.807) is 26.0 Å². The molecule has 1 aliphatic rings. The number of unbranched alkanes of at least 4 members (excludes halogenated alkanes) is 1. The first-order valence-electron chi connectivity index (χ1n) is 22.5. The van der Waals surface area contributed by atoms with Gasteiger partial charge in [-0.15, -0.1) is 11.8 Å². The first kappa shape index (κ1) is 58.0. The summed E-state index contributed by atoms with van der Waals surface area (Å²) < 4.78 is 16.7. The topological polar surface area (TPSA) is 325 Å². The highest BCUT2D eigenvalue weighted by atomic mass is 32.2. The normalized spacial score (nSPS) is 14.6. The summed E-state index contributed by atoms with van der Waals surface area (Å²) in [7, 11) is 1.39. The van der Waals surface area contributed by atoms with E-state index in [1.807, 2.05) is 0 Å². The molecule has 4 atom stereocenters. The molecule has 8 N–H and O–H groups in total. The van der Waals surface area contributed by atoms with Crippen LogP contribution in [0.5, 0.6) is 5.75 Å². The van der Waals surface area contributed by atoms with Gasteiger partial charge in [-0.1, -0.05) is 13.8 Å². The number of likely N-dealkylation sites (tertiary alicyclic amines) is 1. The maximum Gasteiger partial charge on any atom is 0.407 e. The highest BCUT2D eigenvalue weighted by molar-refractivity contribution is 8.00. The number of nitrogens with one attached hydrogen (secondary N) is 5. The SMILES string of the molecule is CNC(=O)OCc1ccc(NC(=O)[C@H](CCCNC(N)=O)CC(=O)[C@@H](NC(C)=O)C(C)C)cc1OCC(=O)CCCCOCCCNC(=O)CCN1C(=O)CC(SC[C@H](CC(C)=O)C(=O)O)C1=O. The Morgan fingerprint density at radius 3 is 2.26 bits per heavy atom. The van der Waals surface area contributed by atoms with Crippen molar-refractivity contribution >= 4 is 82.4 Å². The van der Waals surface area contributed by atoms with E-state index < -0.39 is 58.9 Å². The first-order chi connectivity index (χ1) is 32.2. The fourth-order valence-electron chi connectivity index (χ4n) is 6.82. The van der Waals surface area contributed by atoms with Crippen LogP contribution in [-0.4, -0.2) is 139 Å². The molecule has 378 valence electrons. The molecule has 68 heavy (non-hydrogen) atoms. The quantitative estimate of drug-likeness (QED) is 0.0385. The van der Waals surface area contributed by atoms with Crippen LogP contribution >= 0.6 is 11.8 Å². The number of ether oxygens (including phenoxy) is 3. The predicted octanol–water partition coefficient (Wildman–Crippen LogP) is 2.24. The van der Waals surface area contributed by atoms with Gasteiger partial charge >= 0.3 is 18.1 Å². The van der Waals surface area contributed by atoms with E-state index in [1.165, 1.54) is 27.0 Å². The van der Waals surface area contributed by atoms with Crippen molar-refractivity contribution < 1.29 is 72.1 Å². The van der Waals surface area contributed by atoms with Crippen molar-refractivity contribution in [2.45, 2.75) is 110 Å². The number of nitrogens with two attached hydrogens (primary N) is 1. The summed E-state index contributed by atoms with van der Waals surface area (Å²) >= 11 is 1.02. The van der Waals surface area contributed by atoms with Gasteiger partial charge in [-0.2, -0.15) is 0 Å². The first-order valence-corrected chi connectivity index (χ1v) is 23.5. The Hall–Kier alpha value is -6.10. The summed E-state index contributed by atoms with van der Waals surface area (Å²) in [4.78, 5) is 136. The lowest BCUT2D eigenvalue weighted by Crippen LogP contribution is -2.44. The number of urea groups is 1. The van der Waals surface area contributed by atoms with Gasteiger partial charge in [-0.3, -0.25) is 43.3 Å². The molecule has 1 heterocycles. The number of primary amides is 1. The van der Waals surface area contributed by atoms with Gasteiger partial charge in [0.05, 0.1) is 17.2 Å². The minimum atomic E-state index is -1.15. The van der Waals surface area contributed by atoms with E-state index in [-0.39, 0.29) is 124 Å². The number of thioether (sulfide) groups is 1. The van der Waals surface area contributed by atoms with Gasteiger partial charge in [0.2, 0.25) is 29.5 Å². The number of carboxylic acid groups (broad SMARTS) is 1. The molecule has 0 spiro atoms. The maximum atomic E-state index is 13.6. The molecule has 8 amide bonds. The molecule has 1 fully saturated rings. The minimum absolute atomic E-state index is 0.00615. The molecular formula is C45H67N7O15S. The van der Waals surface area contributed by atoms with Crippen LogP contribution in [0, 0.1) is 17.8 Å². The summed E-state index contributed by atoms with van der Waals surface area (Å²) in [5.74, 6) is -6.09. The summed E-state index contributed by atoms with van der Waals surface area (Å²) in [5, 5.41) is 21.5. The van der Waals surface area contributed by atoms with Crippen LogP contribution in [0.2, 0.25) is 0 Å². The molecule has 0 radical (unpaired) electrons. The van der Waals surface area contributed by atoms with Gasteiger partial charge in [-0.25, -0.2) is 9.59 Å². The molecule has 1 saturated heterocycles. The van der Waals surface area contributed by atoms with Crippen LogP contribution < -0.4 is 37.1 Å². The number of amides is 8. The number of hydrogen-bond donors (Lipinski definition) is 7. The number of Topliss-reactive ketones (excluding diaryl/α,β-unsaturated/α-hetero) is 3. The number of rotatable bonds is 34. The third-order valence-electron chi connectivity index (χ3n) is 10.4. The molecule has 0 saturated carbocycles. The van der Waals surface area contributed by atoms with Crippen molar-refractivity contribution in [2.75, 3.05) is 57.6 Å². The van der Waals surface area contributed by atoms with Gasteiger partial charge in [0.25, 0.3) is 0 Å². The number of alkyl carbamates (subject to hydrolysis) is 1. The number of benzene rings is 1. The molecule has 1 unspecified atom stereocenters. The lowest BCUT2D eigenvalue weighted by Gasteiger charge is -2.23. The molecule has 23 heteroatoms. The Morgan fingerprint density at radius 1 is 0.912 bits per heavy atom. The van der Waals surface area contributed by atoms with E-state index in [4.69, 9.17) is 19.9 Å². The molecule has 1 aromatic rings. The molecular weight excluding hydrogens is 911 g/mol. The van der Waals surface area contributed by atoms with Gasteiger partial charge < -0.3 is 56.4 Å². The number of hydrogen-bond acceptors (Lipinski definition) is 15. The zero-order valence-electron chi connectivity index (χ0n) is 39.4. The Bertz CT molecular complexity index is 1950. The number of nitrogens with zero attached hydrogens (tertiary/aromatic N) is 1. The maximum absolute atomic E-state index is 13.6. The van der Waals surface area contributed by atoms with Gasteiger partial charge in [0, 0.05) is 108 Å². The van der Waals surface area contributed by atoms with Crippen LogP contribution in [0.15, 0.2) is 18.2 Å². The zero-order chi connectivity index (χ0) is 50.8. The third kappa shape index (κ3) is 22.6. The van der Waals surface area contributed by atoms with Crippen molar-refractivity contribution in [3.05, 3.63) is 23.8 Å². The Labute approximate surface area is 400 Å². The standard InChI is InChI=1S/C45H67N7O15S/c1-27(2)40(50-29(4)54)35(56)21-30(10-8-15-49-44(46)63)41(59)51-33-13-12-31(24-67-45(64)47-5)36(22-33)66-25-34(55)11-6-7-18-65-19-9-16-48-38(57)14-17-52-39(58)23-37(42(52)60)68-26-32(43(61)62)20-28(3)53/h12-13,22,27,30,32,37,40H,6-11,14-21,23-26H2,1-5H3,(H,47,64)(H,48,57)(H,50,54)(H,51,59)(H,61,62)(H3,46,49,63)/t30-,32+,37?,40+/m1/s1. The van der Waals surface area contributed by atoms with Gasteiger partial charge in [0.1, 0.15) is 24.7 Å². The number of carbonyl (C=O) groups is 11. The predicted molar refractivity (Wildman–Crippen MR) is 248 cm³/mol. The lowest BCUT2D eigenvalue weighted by atomic mass is 9.89. The Balaban J connectivity index is 1.83. The van der Waals surface area contributed by atoms with E-state index >= 15 is 0 Å². The average Bonchev–Trinajstić information content (AvgIpc) is 3.54. The number of ketones is 3. The molecule has 0 aromatic heterocycles. The molecule has 0 aliphatic carbocycles. The summed E-state index contributed by atoms with van der Waals surface area (Å²) in [6, 6.07) is 3.03. The molecule has 1 aliphatic heterocycles. The van der Waals surface area contributed by atoms with Crippen molar-refractivity contribution in [1.82, 2.24) is 26.2 Å². The van der Waals surface area contributed by atoms with E-state index in [0.717, 1.165) is 16.7 Å². The van der Waals surface area contributed by atoms with Crippen molar-refractivity contribution in [3.63, 3.8) is 0 Å². The van der Waals surface area contributed by atoms with Crippen LogP contribution in [0.1, 0.15) is 97.5 Å². The van der Waals surface area contributed by atoms with Crippen molar-refractivity contribution in [2.24, 2.45) is 23.5 Å². The van der Waals surface area contributed by atoms with Crippen molar-refractivity contribution in [3.8, 4) is 5.75 Å². The lowest BCUT2D eigenvalue weighted by molar-refractivity contribution is -0.143. The second-order valence-corrected chi connectivity index (χ2v) is 17.8. The largest absolute Gasteiger partial charge is 0.485 e. The summed E-state index contributed by atoms with van der Waals surface area (Å²) in [6.07, 6.45) is 0.947. The third-order valence-corrected chi connectivity index (χ3v) is 11.8. The fraction of sp³-hybridized carbons (Fsp3) is 0.622. The zero-order valence-corrected chi connectivity index (χ0v) is 40.3. The second-order valence-electron chi connectivity index (χ2n) is 16.6. The average molecular weight is 978 g/mol. The van der Waals surface area contributed by atoms with Crippen LogP contribution in [-0.2, 0) is 59.2 Å². The Kier molecular flexibility index (Phi) is 26.5. The van der Waals surface area contributed by atoms with Gasteiger partial charge in [-0.05, 0) is 57.1 Å². The number of imide groups is 1. The highest BCUT2D eigenvalue weighted by Gasteiger charge is 2.39. The number of aliphatic carboxylic acids is 1. The summed E-state index contributed by atoms with van der Waals surface area (Å²) in [5.41, 5.74) is 5.84. The number of anilines is 1. The number of carbonyl (C=O) groups excluding carboxylic acids is 10. The monoisotopic (exact) mass is 977 g/mol. The highest BCUT2D eigenvalue weighted by Crippen LogP contribution is 2.29. The summed E-state index contributed by atoms with van der Waals surface area (Å²) in [6.45, 7) is 6.62. The van der Waals surface area contributed by atoms with Crippen LogP contribution in [0.25, 0.3) is 0 Å². The molecule has 1 aromatic carbocycles.